The van der Waals surface area contributed by atoms with E-state index in [1.54, 1.807) is 11.4 Å². The molecule has 1 aromatic rings. The van der Waals surface area contributed by atoms with Crippen molar-refractivity contribution in [3.63, 3.8) is 0 Å². The maximum Gasteiger partial charge on any atom is 0.262 e. The summed E-state index contributed by atoms with van der Waals surface area (Å²) in [6, 6.07) is 0.697. The van der Waals surface area contributed by atoms with Crippen LogP contribution >= 0.6 is 0 Å². The summed E-state index contributed by atoms with van der Waals surface area (Å²) >= 11 is 0. The van der Waals surface area contributed by atoms with Crippen molar-refractivity contribution in [2.75, 3.05) is 33.2 Å². The van der Waals surface area contributed by atoms with E-state index in [4.69, 9.17) is 0 Å². The van der Waals surface area contributed by atoms with E-state index in [0.717, 1.165) is 24.3 Å². The molecule has 8 heteroatoms. The molecular weight excluding hydrogens is 290 g/mol. The van der Waals surface area contributed by atoms with E-state index in [-0.39, 0.29) is 5.03 Å². The number of rotatable bonds is 5. The number of hydrogen-bond acceptors (Lipinski definition) is 5. The number of H-pyrrole nitrogens is 1. The summed E-state index contributed by atoms with van der Waals surface area (Å²) < 4.78 is 27.1. The number of nitrogens with zero attached hydrogens (tertiary/aromatic N) is 3. The molecule has 0 amide bonds. The highest BCUT2D eigenvalue weighted by Gasteiger charge is 2.36. The Hall–Kier alpha value is -0.960. The Morgan fingerprint density at radius 1 is 1.29 bits per heavy atom. The molecule has 7 nitrogen and oxygen atoms in total. The molecule has 2 fully saturated rings. The number of sulfonamides is 1. The van der Waals surface area contributed by atoms with Gasteiger partial charge < -0.3 is 5.32 Å². The van der Waals surface area contributed by atoms with Crippen LogP contribution in [-0.4, -0.2) is 67.1 Å². The highest BCUT2D eigenvalue weighted by atomic mass is 32.2. The molecule has 1 saturated carbocycles. The Morgan fingerprint density at radius 3 is 2.52 bits per heavy atom. The first-order valence-electron chi connectivity index (χ1n) is 7.46. The van der Waals surface area contributed by atoms with Gasteiger partial charge in [-0.25, -0.2) is 8.42 Å². The van der Waals surface area contributed by atoms with Crippen LogP contribution < -0.4 is 5.32 Å². The van der Waals surface area contributed by atoms with E-state index in [0.29, 0.717) is 25.7 Å². The van der Waals surface area contributed by atoms with Crippen molar-refractivity contribution in [2.45, 2.75) is 37.4 Å². The first-order chi connectivity index (χ1) is 10.0. The third kappa shape index (κ3) is 2.85. The molecular formula is C13H23N5O2S. The standard InChI is InChI=1S/C13H23N5O2S/c1-10-12(9-14-2)13(16-15-10)21(19,20)18-7-5-17(6-8-18)11-3-4-11/h11,14H,3-9H2,1-2H3,(H,15,16). The first kappa shape index (κ1) is 15.0. The van der Waals surface area contributed by atoms with E-state index < -0.39 is 10.0 Å². The van der Waals surface area contributed by atoms with Crippen molar-refractivity contribution < 1.29 is 8.42 Å². The normalized spacial score (nSPS) is 21.8. The van der Waals surface area contributed by atoms with E-state index >= 15 is 0 Å². The molecule has 1 aliphatic heterocycles. The van der Waals surface area contributed by atoms with Crippen LogP contribution in [0.4, 0.5) is 0 Å². The molecule has 0 unspecified atom stereocenters. The molecule has 0 aromatic carbocycles. The van der Waals surface area contributed by atoms with Crippen LogP contribution in [0.5, 0.6) is 0 Å². The Bertz CT molecular complexity index is 600. The smallest absolute Gasteiger partial charge is 0.262 e. The van der Waals surface area contributed by atoms with Gasteiger partial charge in [-0.05, 0) is 26.8 Å². The van der Waals surface area contributed by atoms with Crippen molar-refractivity contribution in [3.05, 3.63) is 11.3 Å². The lowest BCUT2D eigenvalue weighted by Crippen LogP contribution is -2.49. The van der Waals surface area contributed by atoms with Crippen molar-refractivity contribution in [1.82, 2.24) is 24.7 Å². The van der Waals surface area contributed by atoms with E-state index in [9.17, 15) is 8.42 Å². The highest BCUT2D eigenvalue weighted by Crippen LogP contribution is 2.29. The molecule has 1 saturated heterocycles. The van der Waals surface area contributed by atoms with Gasteiger partial charge >= 0.3 is 0 Å². The summed E-state index contributed by atoms with van der Waals surface area (Å²) in [5.41, 5.74) is 1.54. The fraction of sp³-hybridized carbons (Fsp3) is 0.769. The molecule has 1 aromatic heterocycles. The zero-order valence-electron chi connectivity index (χ0n) is 12.6. The van der Waals surface area contributed by atoms with Crippen molar-refractivity contribution in [3.8, 4) is 0 Å². The van der Waals surface area contributed by atoms with Crippen LogP contribution in [0, 0.1) is 6.92 Å². The lowest BCUT2D eigenvalue weighted by atomic mass is 10.3. The summed E-state index contributed by atoms with van der Waals surface area (Å²) in [6.45, 7) is 5.12. The quantitative estimate of drug-likeness (QED) is 0.794. The predicted octanol–water partition coefficient (Wildman–Crippen LogP) is -0.0938. The van der Waals surface area contributed by atoms with Gasteiger partial charge in [0.2, 0.25) is 0 Å². The monoisotopic (exact) mass is 313 g/mol. The second-order valence-corrected chi connectivity index (χ2v) is 7.69. The van der Waals surface area contributed by atoms with Gasteiger partial charge in [0.15, 0.2) is 5.03 Å². The zero-order valence-corrected chi connectivity index (χ0v) is 13.4. The lowest BCUT2D eigenvalue weighted by molar-refractivity contribution is 0.180. The van der Waals surface area contributed by atoms with Crippen LogP contribution in [0.3, 0.4) is 0 Å². The highest BCUT2D eigenvalue weighted by molar-refractivity contribution is 7.89. The minimum absolute atomic E-state index is 0.175. The van der Waals surface area contributed by atoms with Crippen molar-refractivity contribution in [2.24, 2.45) is 0 Å². The van der Waals surface area contributed by atoms with Crippen LogP contribution in [0.25, 0.3) is 0 Å². The topological polar surface area (TPSA) is 81.3 Å². The number of piperazine rings is 1. The number of nitrogens with one attached hydrogen (secondary N) is 2. The maximum atomic E-state index is 12.8. The Balaban J connectivity index is 1.77. The minimum Gasteiger partial charge on any atom is -0.316 e. The lowest BCUT2D eigenvalue weighted by Gasteiger charge is -2.33. The van der Waals surface area contributed by atoms with Gasteiger partial charge in [-0.3, -0.25) is 10.00 Å². The van der Waals surface area contributed by atoms with E-state index in [1.807, 2.05) is 6.92 Å². The van der Waals surface area contributed by atoms with Gasteiger partial charge in [-0.1, -0.05) is 0 Å². The molecule has 0 radical (unpaired) electrons. The van der Waals surface area contributed by atoms with Crippen molar-refractivity contribution in [1.29, 1.82) is 0 Å². The Kier molecular flexibility index (Phi) is 4.04. The second-order valence-electron chi connectivity index (χ2n) is 5.83. The average Bonchev–Trinajstić information content (AvgIpc) is 3.25. The van der Waals surface area contributed by atoms with Gasteiger partial charge in [0.25, 0.3) is 10.0 Å². The molecule has 21 heavy (non-hydrogen) atoms. The van der Waals surface area contributed by atoms with E-state index in [1.165, 1.54) is 12.8 Å². The fourth-order valence-corrected chi connectivity index (χ4v) is 4.49. The fourth-order valence-electron chi connectivity index (χ4n) is 2.90. The minimum atomic E-state index is -3.50. The second kappa shape index (κ2) is 5.68. The summed E-state index contributed by atoms with van der Waals surface area (Å²) in [5, 5.41) is 10.0. The molecule has 2 heterocycles. The molecule has 3 rings (SSSR count). The Morgan fingerprint density at radius 2 is 1.95 bits per heavy atom. The molecule has 0 atom stereocenters. The van der Waals surface area contributed by atoms with Gasteiger partial charge in [0, 0.05) is 50.0 Å². The summed E-state index contributed by atoms with van der Waals surface area (Å²) in [5.74, 6) is 0. The first-order valence-corrected chi connectivity index (χ1v) is 8.90. The summed E-state index contributed by atoms with van der Waals surface area (Å²) in [6.07, 6.45) is 2.52. The predicted molar refractivity (Wildman–Crippen MR) is 79.4 cm³/mol. The number of hydrogen-bond donors (Lipinski definition) is 2. The molecule has 118 valence electrons. The van der Waals surface area contributed by atoms with Crippen molar-refractivity contribution >= 4 is 10.0 Å². The third-order valence-corrected chi connectivity index (χ3v) is 6.18. The van der Waals surface area contributed by atoms with E-state index in [2.05, 4.69) is 20.4 Å². The summed E-state index contributed by atoms with van der Waals surface area (Å²) in [4.78, 5) is 2.40. The summed E-state index contributed by atoms with van der Waals surface area (Å²) in [7, 11) is -1.70. The van der Waals surface area contributed by atoms with Gasteiger partial charge in [-0.2, -0.15) is 9.40 Å². The van der Waals surface area contributed by atoms with Crippen LogP contribution in [-0.2, 0) is 16.6 Å². The molecule has 2 N–H and O–H groups in total. The van der Waals surface area contributed by atoms with Gasteiger partial charge in [0.05, 0.1) is 0 Å². The van der Waals surface area contributed by atoms with Crippen LogP contribution in [0.2, 0.25) is 0 Å². The third-order valence-electron chi connectivity index (χ3n) is 4.31. The number of aryl methyl sites for hydroxylation is 1. The molecule has 1 aliphatic carbocycles. The molecule has 2 aliphatic rings. The van der Waals surface area contributed by atoms with Crippen LogP contribution in [0.1, 0.15) is 24.1 Å². The SMILES string of the molecule is CNCc1c(S(=O)(=O)N2CCN(C3CC3)CC2)n[nH]c1C. The maximum absolute atomic E-state index is 12.8. The van der Waals surface area contributed by atoms with Gasteiger partial charge in [0.1, 0.15) is 0 Å². The zero-order chi connectivity index (χ0) is 15.0. The Labute approximate surface area is 125 Å². The molecule has 0 bridgehead atoms. The van der Waals surface area contributed by atoms with Gasteiger partial charge in [-0.15, -0.1) is 0 Å². The number of aromatic nitrogens is 2. The number of aromatic amines is 1. The largest absolute Gasteiger partial charge is 0.316 e. The average molecular weight is 313 g/mol. The molecule has 0 spiro atoms. The van der Waals surface area contributed by atoms with Crippen LogP contribution in [0.15, 0.2) is 5.03 Å².